The first-order valence-electron chi connectivity index (χ1n) is 7.84. The van der Waals surface area contributed by atoms with Crippen molar-refractivity contribution in [2.24, 2.45) is 5.92 Å². The van der Waals surface area contributed by atoms with Crippen LogP contribution in [0, 0.1) is 5.92 Å². The second-order valence-electron chi connectivity index (χ2n) is 6.32. The van der Waals surface area contributed by atoms with Crippen LogP contribution >= 0.6 is 0 Å². The van der Waals surface area contributed by atoms with Gasteiger partial charge in [-0.3, -0.25) is 4.79 Å². The van der Waals surface area contributed by atoms with Crippen LogP contribution in [-0.2, 0) is 11.2 Å². The Labute approximate surface area is 132 Å². The van der Waals surface area contributed by atoms with E-state index in [-0.39, 0.29) is 30.6 Å². The lowest BCUT2D eigenvalue weighted by Gasteiger charge is -2.34. The number of nitrogens with one attached hydrogen (secondary N) is 2. The summed E-state index contributed by atoms with van der Waals surface area (Å²) in [7, 11) is 0. The van der Waals surface area contributed by atoms with E-state index in [1.165, 1.54) is 0 Å². The second-order valence-corrected chi connectivity index (χ2v) is 6.32. The highest BCUT2D eigenvalue weighted by atomic mass is 16.2. The zero-order chi connectivity index (χ0) is 16.1. The summed E-state index contributed by atoms with van der Waals surface area (Å²) in [6.07, 6.45) is 0.732. The van der Waals surface area contributed by atoms with Crippen molar-refractivity contribution in [1.82, 2.24) is 15.5 Å². The molecule has 22 heavy (non-hydrogen) atoms. The second kappa shape index (κ2) is 7.29. The molecule has 0 aliphatic carbocycles. The van der Waals surface area contributed by atoms with Crippen molar-refractivity contribution < 1.29 is 9.59 Å². The van der Waals surface area contributed by atoms with Crippen molar-refractivity contribution >= 4 is 11.9 Å². The molecule has 1 aromatic carbocycles. The van der Waals surface area contributed by atoms with Gasteiger partial charge in [0.05, 0.1) is 6.04 Å². The molecule has 3 amide bonds. The first-order chi connectivity index (χ1) is 10.5. The summed E-state index contributed by atoms with van der Waals surface area (Å²) in [6.45, 7) is 6.77. The lowest BCUT2D eigenvalue weighted by molar-refractivity contribution is -0.124. The Balaban J connectivity index is 1.95. The van der Waals surface area contributed by atoms with E-state index in [1.54, 1.807) is 4.90 Å². The van der Waals surface area contributed by atoms with Crippen LogP contribution in [0.2, 0.25) is 0 Å². The number of rotatable bonds is 4. The fourth-order valence-electron chi connectivity index (χ4n) is 2.44. The molecular formula is C17H25N3O2. The zero-order valence-electron chi connectivity index (χ0n) is 13.5. The number of benzene rings is 1. The Bertz CT molecular complexity index is 516. The van der Waals surface area contributed by atoms with Gasteiger partial charge in [0.15, 0.2) is 0 Å². The van der Waals surface area contributed by atoms with Crippen LogP contribution in [0.5, 0.6) is 0 Å². The number of piperazine rings is 1. The summed E-state index contributed by atoms with van der Waals surface area (Å²) in [5.41, 5.74) is 1.16. The van der Waals surface area contributed by atoms with E-state index in [0.717, 1.165) is 12.0 Å². The van der Waals surface area contributed by atoms with E-state index in [2.05, 4.69) is 24.5 Å². The summed E-state index contributed by atoms with van der Waals surface area (Å²) in [5.74, 6) is 0.266. The Hall–Kier alpha value is -2.04. The molecule has 0 spiro atoms. The number of amides is 3. The Morgan fingerprint density at radius 1 is 1.32 bits per heavy atom. The predicted molar refractivity (Wildman–Crippen MR) is 86.5 cm³/mol. The van der Waals surface area contributed by atoms with Crippen molar-refractivity contribution in [3.05, 3.63) is 35.9 Å². The maximum absolute atomic E-state index is 12.3. The van der Waals surface area contributed by atoms with E-state index in [4.69, 9.17) is 0 Å². The SMILES string of the molecule is CC(C)[C@@H](C)NC(=O)N1CC(=O)N[C@@H](Cc2ccccc2)C1. The maximum Gasteiger partial charge on any atom is 0.318 e. The van der Waals surface area contributed by atoms with Crippen molar-refractivity contribution in [3.8, 4) is 0 Å². The average Bonchev–Trinajstić information content (AvgIpc) is 2.47. The van der Waals surface area contributed by atoms with Gasteiger partial charge in [0.2, 0.25) is 5.91 Å². The molecule has 2 rings (SSSR count). The molecule has 0 bridgehead atoms. The summed E-state index contributed by atoms with van der Waals surface area (Å²) in [4.78, 5) is 25.8. The number of urea groups is 1. The van der Waals surface area contributed by atoms with E-state index in [9.17, 15) is 9.59 Å². The van der Waals surface area contributed by atoms with Gasteiger partial charge in [-0.15, -0.1) is 0 Å². The fourth-order valence-corrected chi connectivity index (χ4v) is 2.44. The molecule has 1 heterocycles. The van der Waals surface area contributed by atoms with Gasteiger partial charge in [-0.05, 0) is 24.8 Å². The Morgan fingerprint density at radius 3 is 2.64 bits per heavy atom. The minimum absolute atomic E-state index is 0.0382. The van der Waals surface area contributed by atoms with E-state index in [1.807, 2.05) is 37.3 Å². The van der Waals surface area contributed by atoms with Crippen LogP contribution in [0.15, 0.2) is 30.3 Å². The number of hydrogen-bond donors (Lipinski definition) is 2. The molecule has 5 nitrogen and oxygen atoms in total. The van der Waals surface area contributed by atoms with Crippen molar-refractivity contribution in [3.63, 3.8) is 0 Å². The third kappa shape index (κ3) is 4.48. The summed E-state index contributed by atoms with van der Waals surface area (Å²) in [6, 6.07) is 9.89. The number of carbonyl (C=O) groups is 2. The highest BCUT2D eigenvalue weighted by Crippen LogP contribution is 2.09. The van der Waals surface area contributed by atoms with E-state index in [0.29, 0.717) is 12.5 Å². The molecule has 2 atom stereocenters. The lowest BCUT2D eigenvalue weighted by Crippen LogP contribution is -2.59. The van der Waals surface area contributed by atoms with Gasteiger partial charge in [0, 0.05) is 12.6 Å². The topological polar surface area (TPSA) is 61.4 Å². The molecule has 1 aromatic rings. The van der Waals surface area contributed by atoms with Gasteiger partial charge in [-0.1, -0.05) is 44.2 Å². The molecule has 0 aromatic heterocycles. The average molecular weight is 303 g/mol. The highest BCUT2D eigenvalue weighted by Gasteiger charge is 2.28. The number of hydrogen-bond acceptors (Lipinski definition) is 2. The van der Waals surface area contributed by atoms with E-state index >= 15 is 0 Å². The van der Waals surface area contributed by atoms with Gasteiger partial charge >= 0.3 is 6.03 Å². The normalized spacial score (nSPS) is 19.7. The molecular weight excluding hydrogens is 278 g/mol. The summed E-state index contributed by atoms with van der Waals surface area (Å²) < 4.78 is 0. The smallest absolute Gasteiger partial charge is 0.318 e. The molecule has 5 heteroatoms. The quantitative estimate of drug-likeness (QED) is 0.891. The van der Waals surface area contributed by atoms with Crippen molar-refractivity contribution in [2.75, 3.05) is 13.1 Å². The Kier molecular flexibility index (Phi) is 5.41. The first-order valence-corrected chi connectivity index (χ1v) is 7.84. The molecule has 120 valence electrons. The lowest BCUT2D eigenvalue weighted by atomic mass is 10.0. The van der Waals surface area contributed by atoms with Crippen LogP contribution in [0.4, 0.5) is 4.79 Å². The maximum atomic E-state index is 12.3. The van der Waals surface area contributed by atoms with Crippen molar-refractivity contribution in [2.45, 2.75) is 39.3 Å². The monoisotopic (exact) mass is 303 g/mol. The number of carbonyl (C=O) groups excluding carboxylic acids is 2. The fraction of sp³-hybridized carbons (Fsp3) is 0.529. The van der Waals surface area contributed by atoms with Crippen LogP contribution in [0.1, 0.15) is 26.3 Å². The molecule has 1 saturated heterocycles. The largest absolute Gasteiger partial charge is 0.350 e. The molecule has 1 aliphatic rings. The van der Waals surface area contributed by atoms with Gasteiger partial charge < -0.3 is 15.5 Å². The van der Waals surface area contributed by atoms with Crippen LogP contribution in [0.3, 0.4) is 0 Å². The third-order valence-electron chi connectivity index (χ3n) is 4.10. The predicted octanol–water partition coefficient (Wildman–Crippen LogP) is 1.78. The molecule has 1 aliphatic heterocycles. The summed E-state index contributed by atoms with van der Waals surface area (Å²) in [5, 5.41) is 5.93. The minimum atomic E-state index is -0.158. The standard InChI is InChI=1S/C17H25N3O2/c1-12(2)13(3)18-17(22)20-10-15(19-16(21)11-20)9-14-7-5-4-6-8-14/h4-8,12-13,15H,9-11H2,1-3H3,(H,18,22)(H,19,21)/t13-,15+/m1/s1. The van der Waals surface area contributed by atoms with Gasteiger partial charge in [0.1, 0.15) is 6.54 Å². The van der Waals surface area contributed by atoms with Crippen LogP contribution in [-0.4, -0.2) is 42.0 Å². The van der Waals surface area contributed by atoms with Gasteiger partial charge in [0.25, 0.3) is 0 Å². The molecule has 0 radical (unpaired) electrons. The minimum Gasteiger partial charge on any atom is -0.350 e. The molecule has 2 N–H and O–H groups in total. The number of nitrogens with zero attached hydrogens (tertiary/aromatic N) is 1. The van der Waals surface area contributed by atoms with Gasteiger partial charge in [-0.25, -0.2) is 4.79 Å². The van der Waals surface area contributed by atoms with Crippen LogP contribution in [0.25, 0.3) is 0 Å². The summed E-state index contributed by atoms with van der Waals surface area (Å²) >= 11 is 0. The Morgan fingerprint density at radius 2 is 2.00 bits per heavy atom. The molecule has 1 fully saturated rings. The van der Waals surface area contributed by atoms with Crippen LogP contribution < -0.4 is 10.6 Å². The molecule has 0 unspecified atom stereocenters. The zero-order valence-corrected chi connectivity index (χ0v) is 13.5. The van der Waals surface area contributed by atoms with Crippen molar-refractivity contribution in [1.29, 1.82) is 0 Å². The molecule has 0 saturated carbocycles. The van der Waals surface area contributed by atoms with E-state index < -0.39 is 0 Å². The first kappa shape index (κ1) is 16.3. The highest BCUT2D eigenvalue weighted by molar-refractivity contribution is 5.85. The third-order valence-corrected chi connectivity index (χ3v) is 4.10. The van der Waals surface area contributed by atoms with Gasteiger partial charge in [-0.2, -0.15) is 0 Å².